The van der Waals surface area contributed by atoms with Crippen LogP contribution in [-0.4, -0.2) is 62.9 Å². The molecule has 0 spiro atoms. The first kappa shape index (κ1) is 16.5. The number of aliphatic hydroxyl groups excluding tert-OH is 1. The standard InChI is InChI=1S/C17H27N7O/c1-23(2)17-20-16(21-22-17)11-6-12(15(25)7-11)10-18-13-8-14(9-13)24-5-3-4-19-24/h3-5,11-15,18,25H,6-10H2,1-2H3,(H,20,21,22)/t11-,12+,13?,14?,15+/m0/s1. The number of nitrogens with one attached hydrogen (secondary N) is 2. The fourth-order valence-corrected chi connectivity index (χ4v) is 3.98. The fourth-order valence-electron chi connectivity index (χ4n) is 3.98. The number of aromatic amines is 1. The van der Waals surface area contributed by atoms with E-state index in [-0.39, 0.29) is 17.9 Å². The first-order chi connectivity index (χ1) is 12.1. The molecule has 0 amide bonds. The zero-order chi connectivity index (χ0) is 17.4. The zero-order valence-corrected chi connectivity index (χ0v) is 14.8. The van der Waals surface area contributed by atoms with Crippen molar-refractivity contribution in [3.05, 3.63) is 24.3 Å². The molecule has 2 aliphatic rings. The summed E-state index contributed by atoms with van der Waals surface area (Å²) in [6.45, 7) is 0.864. The predicted molar refractivity (Wildman–Crippen MR) is 94.5 cm³/mol. The molecule has 2 heterocycles. The Balaban J connectivity index is 1.25. The number of hydrogen-bond acceptors (Lipinski definition) is 6. The van der Waals surface area contributed by atoms with Crippen LogP contribution in [0.25, 0.3) is 0 Å². The summed E-state index contributed by atoms with van der Waals surface area (Å²) in [4.78, 5) is 6.43. The van der Waals surface area contributed by atoms with Gasteiger partial charge in [0, 0.05) is 45.0 Å². The molecule has 8 nitrogen and oxygen atoms in total. The summed E-state index contributed by atoms with van der Waals surface area (Å²) < 4.78 is 2.05. The highest BCUT2D eigenvalue weighted by Crippen LogP contribution is 2.38. The van der Waals surface area contributed by atoms with Gasteiger partial charge < -0.3 is 15.3 Å². The van der Waals surface area contributed by atoms with Gasteiger partial charge in [-0.1, -0.05) is 0 Å². The largest absolute Gasteiger partial charge is 0.393 e. The van der Waals surface area contributed by atoms with Crippen molar-refractivity contribution in [3.63, 3.8) is 0 Å². The third-order valence-electron chi connectivity index (χ3n) is 5.62. The Labute approximate surface area is 147 Å². The van der Waals surface area contributed by atoms with E-state index >= 15 is 0 Å². The maximum absolute atomic E-state index is 10.4. The van der Waals surface area contributed by atoms with Crippen LogP contribution in [0.15, 0.2) is 18.5 Å². The summed E-state index contributed by atoms with van der Waals surface area (Å²) >= 11 is 0. The van der Waals surface area contributed by atoms with Gasteiger partial charge in [-0.05, 0) is 37.7 Å². The summed E-state index contributed by atoms with van der Waals surface area (Å²) in [5.74, 6) is 2.14. The average Bonchev–Trinajstić information content (AvgIpc) is 3.26. The normalized spacial score (nSPS) is 31.9. The van der Waals surface area contributed by atoms with Gasteiger partial charge in [-0.2, -0.15) is 10.1 Å². The molecule has 8 heteroatoms. The molecule has 2 aliphatic carbocycles. The molecule has 0 saturated heterocycles. The van der Waals surface area contributed by atoms with Crippen molar-refractivity contribution in [1.82, 2.24) is 30.3 Å². The first-order valence-electron chi connectivity index (χ1n) is 9.10. The molecule has 0 unspecified atom stereocenters. The van der Waals surface area contributed by atoms with Gasteiger partial charge in [0.25, 0.3) is 0 Å². The van der Waals surface area contributed by atoms with Crippen molar-refractivity contribution in [1.29, 1.82) is 0 Å². The molecule has 2 aromatic rings. The monoisotopic (exact) mass is 345 g/mol. The van der Waals surface area contributed by atoms with Crippen LogP contribution in [0.4, 0.5) is 5.95 Å². The minimum Gasteiger partial charge on any atom is -0.393 e. The highest BCUT2D eigenvalue weighted by atomic mass is 16.3. The Bertz CT molecular complexity index is 677. The summed E-state index contributed by atoms with van der Waals surface area (Å²) in [7, 11) is 3.86. The van der Waals surface area contributed by atoms with Gasteiger partial charge in [-0.3, -0.25) is 9.78 Å². The van der Waals surface area contributed by atoms with Crippen LogP contribution < -0.4 is 10.2 Å². The maximum Gasteiger partial charge on any atom is 0.244 e. The molecular formula is C17H27N7O. The second-order valence-electron chi connectivity index (χ2n) is 7.63. The molecule has 0 aliphatic heterocycles. The number of H-pyrrole nitrogens is 1. The van der Waals surface area contributed by atoms with Crippen molar-refractivity contribution >= 4 is 5.95 Å². The molecule has 0 aromatic carbocycles. The molecular weight excluding hydrogens is 318 g/mol. The Kier molecular flexibility index (Phi) is 4.47. The highest BCUT2D eigenvalue weighted by Gasteiger charge is 2.37. The van der Waals surface area contributed by atoms with Gasteiger partial charge >= 0.3 is 0 Å². The SMILES string of the molecule is CN(C)c1n[nH]c([C@H]2C[C@H](CNC3CC(n4cccn4)C3)[C@H](O)C2)n1. The third-order valence-corrected chi connectivity index (χ3v) is 5.62. The second kappa shape index (κ2) is 6.76. The van der Waals surface area contributed by atoms with E-state index in [1.165, 1.54) is 0 Å². The smallest absolute Gasteiger partial charge is 0.244 e. The van der Waals surface area contributed by atoms with Crippen molar-refractivity contribution in [3.8, 4) is 0 Å². The second-order valence-corrected chi connectivity index (χ2v) is 7.63. The van der Waals surface area contributed by atoms with Crippen LogP contribution in [0.3, 0.4) is 0 Å². The Morgan fingerprint density at radius 1 is 1.32 bits per heavy atom. The predicted octanol–water partition coefficient (Wildman–Crippen LogP) is 0.915. The lowest BCUT2D eigenvalue weighted by Crippen LogP contribution is -2.44. The van der Waals surface area contributed by atoms with Gasteiger partial charge in [-0.15, -0.1) is 5.10 Å². The minimum atomic E-state index is -0.271. The van der Waals surface area contributed by atoms with Gasteiger partial charge in [0.05, 0.1) is 12.1 Å². The van der Waals surface area contributed by atoms with E-state index in [0.29, 0.717) is 18.0 Å². The fraction of sp³-hybridized carbons (Fsp3) is 0.706. The quantitative estimate of drug-likeness (QED) is 0.720. The number of hydrogen-bond donors (Lipinski definition) is 3. The lowest BCUT2D eigenvalue weighted by atomic mass is 9.86. The van der Waals surface area contributed by atoms with Crippen LogP contribution in [0.5, 0.6) is 0 Å². The van der Waals surface area contributed by atoms with Gasteiger partial charge in [0.2, 0.25) is 5.95 Å². The maximum atomic E-state index is 10.4. The van der Waals surface area contributed by atoms with Crippen LogP contribution in [0.1, 0.15) is 43.5 Å². The molecule has 136 valence electrons. The number of aliphatic hydroxyl groups is 1. The van der Waals surface area contributed by atoms with E-state index in [1.807, 2.05) is 42.1 Å². The number of nitrogens with zero attached hydrogens (tertiary/aromatic N) is 5. The lowest BCUT2D eigenvalue weighted by molar-refractivity contribution is 0.121. The third kappa shape index (κ3) is 3.41. The van der Waals surface area contributed by atoms with Crippen LogP contribution in [0, 0.1) is 5.92 Å². The molecule has 0 bridgehead atoms. The molecule has 4 rings (SSSR count). The summed E-state index contributed by atoms with van der Waals surface area (Å²) in [6.07, 6.45) is 7.53. The first-order valence-corrected chi connectivity index (χ1v) is 9.10. The summed E-state index contributed by atoms with van der Waals surface area (Å²) in [5.41, 5.74) is 0. The van der Waals surface area contributed by atoms with Crippen LogP contribution >= 0.6 is 0 Å². The topological polar surface area (TPSA) is 94.9 Å². The van der Waals surface area contributed by atoms with Gasteiger partial charge in [0.1, 0.15) is 5.82 Å². The number of aromatic nitrogens is 5. The van der Waals surface area contributed by atoms with Crippen molar-refractivity contribution in [2.75, 3.05) is 25.5 Å². The zero-order valence-electron chi connectivity index (χ0n) is 14.8. The number of rotatable bonds is 6. The van der Waals surface area contributed by atoms with Crippen molar-refractivity contribution < 1.29 is 5.11 Å². The molecule has 2 saturated carbocycles. The Morgan fingerprint density at radius 3 is 2.84 bits per heavy atom. The van der Waals surface area contributed by atoms with E-state index in [0.717, 1.165) is 38.1 Å². The van der Waals surface area contributed by atoms with Crippen molar-refractivity contribution in [2.45, 2.75) is 49.8 Å². The van der Waals surface area contributed by atoms with E-state index in [9.17, 15) is 5.11 Å². The summed E-state index contributed by atoms with van der Waals surface area (Å²) in [5, 5.41) is 25.6. The van der Waals surface area contributed by atoms with Gasteiger partial charge in [0.15, 0.2) is 0 Å². The molecule has 25 heavy (non-hydrogen) atoms. The van der Waals surface area contributed by atoms with E-state index in [2.05, 4.69) is 25.6 Å². The van der Waals surface area contributed by atoms with E-state index in [1.54, 1.807) is 0 Å². The van der Waals surface area contributed by atoms with Gasteiger partial charge in [-0.25, -0.2) is 0 Å². The molecule has 3 N–H and O–H groups in total. The van der Waals surface area contributed by atoms with Crippen LogP contribution in [-0.2, 0) is 0 Å². The molecule has 0 radical (unpaired) electrons. The molecule has 2 fully saturated rings. The lowest BCUT2D eigenvalue weighted by Gasteiger charge is -2.37. The summed E-state index contributed by atoms with van der Waals surface area (Å²) in [6, 6.07) is 3.03. The van der Waals surface area contributed by atoms with E-state index < -0.39 is 0 Å². The molecule has 3 atom stereocenters. The Morgan fingerprint density at radius 2 is 2.16 bits per heavy atom. The average molecular weight is 345 g/mol. The number of anilines is 1. The Hall–Kier alpha value is -1.93. The van der Waals surface area contributed by atoms with Crippen LogP contribution in [0.2, 0.25) is 0 Å². The highest BCUT2D eigenvalue weighted by molar-refractivity contribution is 5.26. The van der Waals surface area contributed by atoms with E-state index in [4.69, 9.17) is 0 Å². The van der Waals surface area contributed by atoms with Crippen molar-refractivity contribution in [2.24, 2.45) is 5.92 Å². The molecule has 2 aromatic heterocycles. The minimum absolute atomic E-state index is 0.265.